The molecule has 0 fully saturated rings. The van der Waals surface area contributed by atoms with Gasteiger partial charge in [-0.15, -0.1) is 0 Å². The van der Waals surface area contributed by atoms with E-state index in [1.807, 2.05) is 13.8 Å². The highest BCUT2D eigenvalue weighted by molar-refractivity contribution is 5.93. The predicted octanol–water partition coefficient (Wildman–Crippen LogP) is 5.22. The summed E-state index contributed by atoms with van der Waals surface area (Å²) in [5, 5.41) is 0. The van der Waals surface area contributed by atoms with Crippen LogP contribution in [0.1, 0.15) is 67.8 Å². The molecule has 0 saturated carbocycles. The van der Waals surface area contributed by atoms with Crippen LogP contribution in [0.3, 0.4) is 0 Å². The molecule has 1 amide bonds. The quantitative estimate of drug-likeness (QED) is 0.337. The minimum atomic E-state index is -1.08. The van der Waals surface area contributed by atoms with Crippen LogP contribution in [0.25, 0.3) is 0 Å². The van der Waals surface area contributed by atoms with Gasteiger partial charge in [-0.25, -0.2) is 8.78 Å². The topological polar surface area (TPSA) is 52.3 Å². The minimum absolute atomic E-state index is 0.0676. The first kappa shape index (κ1) is 20.9. The molecule has 0 aliphatic rings. The summed E-state index contributed by atoms with van der Waals surface area (Å²) in [5.41, 5.74) is 4.80. The number of hydrogen-bond acceptors (Lipinski definition) is 2. The van der Waals surface area contributed by atoms with Crippen LogP contribution in [-0.4, -0.2) is 12.5 Å². The van der Waals surface area contributed by atoms with Crippen LogP contribution in [0, 0.1) is 11.6 Å². The van der Waals surface area contributed by atoms with Crippen molar-refractivity contribution >= 4 is 5.91 Å². The van der Waals surface area contributed by atoms with E-state index in [1.54, 1.807) is 12.2 Å². The minimum Gasteiger partial charge on any atom is -0.498 e. The molecule has 1 aromatic rings. The van der Waals surface area contributed by atoms with Gasteiger partial charge in [-0.05, 0) is 49.8 Å². The molecule has 0 heterocycles. The molecule has 0 bridgehead atoms. The van der Waals surface area contributed by atoms with Crippen LogP contribution >= 0.6 is 0 Å². The molecule has 1 atom stereocenters. The summed E-state index contributed by atoms with van der Waals surface area (Å²) < 4.78 is 33.5. The van der Waals surface area contributed by atoms with Crippen LogP contribution < -0.4 is 5.73 Å². The molecule has 5 heteroatoms. The van der Waals surface area contributed by atoms with Crippen molar-refractivity contribution in [2.75, 3.05) is 6.61 Å². The number of unbranched alkanes of at least 4 members (excludes halogenated alkanes) is 2. The number of nitrogens with two attached hydrogens (primary N) is 1. The lowest BCUT2D eigenvalue weighted by Gasteiger charge is -2.17. The first-order valence-electron chi connectivity index (χ1n) is 8.62. The lowest BCUT2D eigenvalue weighted by Crippen LogP contribution is -2.17. The maximum Gasteiger partial charge on any atom is 0.254 e. The van der Waals surface area contributed by atoms with Crippen molar-refractivity contribution in [2.24, 2.45) is 5.73 Å². The first-order chi connectivity index (χ1) is 11.9. The molecule has 138 valence electrons. The van der Waals surface area contributed by atoms with Gasteiger partial charge < -0.3 is 10.5 Å². The Morgan fingerprint density at radius 1 is 1.32 bits per heavy atom. The van der Waals surface area contributed by atoms with Crippen molar-refractivity contribution in [3.05, 3.63) is 59.4 Å². The number of allylic oxidation sites excluding steroid dienone is 3. The third kappa shape index (κ3) is 6.33. The van der Waals surface area contributed by atoms with Gasteiger partial charge in [0.15, 0.2) is 0 Å². The van der Waals surface area contributed by atoms with Gasteiger partial charge in [-0.1, -0.05) is 38.5 Å². The van der Waals surface area contributed by atoms with Crippen molar-refractivity contribution in [1.82, 2.24) is 0 Å². The van der Waals surface area contributed by atoms with Crippen molar-refractivity contribution in [3.8, 4) is 0 Å². The Morgan fingerprint density at radius 2 is 2.04 bits per heavy atom. The fourth-order valence-electron chi connectivity index (χ4n) is 2.81. The van der Waals surface area contributed by atoms with E-state index in [2.05, 4.69) is 6.58 Å². The van der Waals surface area contributed by atoms with Crippen LogP contribution in [0.5, 0.6) is 0 Å². The summed E-state index contributed by atoms with van der Waals surface area (Å²) in [6.45, 7) is 8.06. The third-order valence-electron chi connectivity index (χ3n) is 4.18. The van der Waals surface area contributed by atoms with E-state index in [1.165, 1.54) is 6.07 Å². The number of carbonyl (C=O) groups is 1. The molecule has 3 nitrogen and oxygen atoms in total. The Balaban J connectivity index is 2.58. The van der Waals surface area contributed by atoms with Gasteiger partial charge in [-0.3, -0.25) is 4.79 Å². The largest absolute Gasteiger partial charge is 0.498 e. The highest BCUT2D eigenvalue weighted by Crippen LogP contribution is 2.30. The van der Waals surface area contributed by atoms with Gasteiger partial charge >= 0.3 is 0 Å². The molecule has 1 rings (SSSR count). The lowest BCUT2D eigenvalue weighted by atomic mass is 9.89. The molecule has 2 N–H and O–H groups in total. The van der Waals surface area contributed by atoms with Crippen molar-refractivity contribution < 1.29 is 18.3 Å². The van der Waals surface area contributed by atoms with Gasteiger partial charge in [0.2, 0.25) is 0 Å². The molecule has 0 radical (unpaired) electrons. The average molecular weight is 351 g/mol. The van der Waals surface area contributed by atoms with Crippen LogP contribution in [0.2, 0.25) is 0 Å². The molecular formula is C20H27F2NO2. The standard InChI is InChI=1S/C20H27F2NO2/c1-4-9-14(3)25-13-8-6-7-10-15(5-2)16-11-12-17(21)18(19(16)22)20(23)24/h4,9,11-12,15H,1,5-8,10,13H2,2-3H3,(H2,23,24). The van der Waals surface area contributed by atoms with E-state index in [-0.39, 0.29) is 5.92 Å². The molecule has 25 heavy (non-hydrogen) atoms. The Bertz CT molecular complexity index is 626. The fourth-order valence-corrected chi connectivity index (χ4v) is 2.81. The summed E-state index contributed by atoms with van der Waals surface area (Å²) in [6, 6.07) is 2.53. The molecule has 1 aromatic carbocycles. The monoisotopic (exact) mass is 351 g/mol. The summed E-state index contributed by atoms with van der Waals surface area (Å²) in [4.78, 5) is 11.3. The maximum atomic E-state index is 14.4. The Kier molecular flexibility index (Phi) is 8.89. The second-order valence-corrected chi connectivity index (χ2v) is 6.01. The summed E-state index contributed by atoms with van der Waals surface area (Å²) in [6.07, 6.45) is 7.70. The summed E-state index contributed by atoms with van der Waals surface area (Å²) in [7, 11) is 0. The van der Waals surface area contributed by atoms with Gasteiger partial charge in [0.1, 0.15) is 17.2 Å². The summed E-state index contributed by atoms with van der Waals surface area (Å²) >= 11 is 0. The van der Waals surface area contributed by atoms with E-state index in [0.717, 1.165) is 37.5 Å². The van der Waals surface area contributed by atoms with E-state index in [0.29, 0.717) is 18.6 Å². The van der Waals surface area contributed by atoms with Crippen LogP contribution in [0.15, 0.2) is 36.6 Å². The molecule has 0 aliphatic carbocycles. The number of halogens is 2. The number of ether oxygens (including phenoxy) is 1. The van der Waals surface area contributed by atoms with E-state index in [4.69, 9.17) is 10.5 Å². The van der Waals surface area contributed by atoms with E-state index >= 15 is 0 Å². The molecule has 1 unspecified atom stereocenters. The zero-order valence-electron chi connectivity index (χ0n) is 15.0. The van der Waals surface area contributed by atoms with E-state index < -0.39 is 23.1 Å². The predicted molar refractivity (Wildman–Crippen MR) is 96.3 cm³/mol. The van der Waals surface area contributed by atoms with Crippen LogP contribution in [-0.2, 0) is 4.74 Å². The smallest absolute Gasteiger partial charge is 0.254 e. The molecular weight excluding hydrogens is 324 g/mol. The zero-order chi connectivity index (χ0) is 18.8. The van der Waals surface area contributed by atoms with Crippen molar-refractivity contribution in [1.29, 1.82) is 0 Å². The normalized spacial score (nSPS) is 12.7. The number of benzene rings is 1. The van der Waals surface area contributed by atoms with Crippen molar-refractivity contribution in [3.63, 3.8) is 0 Å². The number of amides is 1. The molecule has 0 spiro atoms. The zero-order valence-corrected chi connectivity index (χ0v) is 15.0. The van der Waals surface area contributed by atoms with Gasteiger partial charge in [-0.2, -0.15) is 0 Å². The van der Waals surface area contributed by atoms with Crippen LogP contribution in [0.4, 0.5) is 8.78 Å². The lowest BCUT2D eigenvalue weighted by molar-refractivity contribution is 0.0992. The van der Waals surface area contributed by atoms with Gasteiger partial charge in [0, 0.05) is 0 Å². The average Bonchev–Trinajstić information content (AvgIpc) is 2.55. The highest BCUT2D eigenvalue weighted by atomic mass is 19.1. The Morgan fingerprint density at radius 3 is 2.64 bits per heavy atom. The fraction of sp³-hybridized carbons (Fsp3) is 0.450. The SMILES string of the molecule is C=CC=C(C)OCCCCCC(CC)c1ccc(F)c(C(N)=O)c1F. The maximum absolute atomic E-state index is 14.4. The Labute approximate surface area is 148 Å². The third-order valence-corrected chi connectivity index (χ3v) is 4.18. The number of hydrogen-bond donors (Lipinski definition) is 1. The Hall–Kier alpha value is -2.17. The van der Waals surface area contributed by atoms with Gasteiger partial charge in [0.05, 0.1) is 12.4 Å². The van der Waals surface area contributed by atoms with Crippen molar-refractivity contribution in [2.45, 2.75) is 51.9 Å². The van der Waals surface area contributed by atoms with Gasteiger partial charge in [0.25, 0.3) is 5.91 Å². The second-order valence-electron chi connectivity index (χ2n) is 6.01. The first-order valence-corrected chi connectivity index (χ1v) is 8.62. The summed E-state index contributed by atoms with van der Waals surface area (Å²) in [5.74, 6) is -2.06. The molecule has 0 aliphatic heterocycles. The molecule has 0 saturated heterocycles. The number of primary amides is 1. The number of rotatable bonds is 11. The second kappa shape index (κ2) is 10.6. The number of carbonyl (C=O) groups excluding carboxylic acids is 1. The van der Waals surface area contributed by atoms with E-state index in [9.17, 15) is 13.6 Å². The highest BCUT2D eigenvalue weighted by Gasteiger charge is 2.22. The molecule has 0 aromatic heterocycles.